The smallest absolute Gasteiger partial charge is 0.303 e. The van der Waals surface area contributed by atoms with E-state index < -0.39 is 11.6 Å². The maximum absolute atomic E-state index is 12.1. The third kappa shape index (κ3) is 9.01. The lowest BCUT2D eigenvalue weighted by molar-refractivity contribution is -0.137. The first kappa shape index (κ1) is 21.6. The van der Waals surface area contributed by atoms with Crippen molar-refractivity contribution in [2.75, 3.05) is 0 Å². The Hall–Kier alpha value is -1.42. The van der Waals surface area contributed by atoms with E-state index in [1.54, 1.807) is 0 Å². The second kappa shape index (κ2) is 11.2. The van der Waals surface area contributed by atoms with Gasteiger partial charge in [-0.25, -0.2) is 0 Å². The number of Topliss-reactive ketones (excluding diaryl/α,β-unsaturated/α-hetero) is 1. The number of carboxylic acid groups (broad SMARTS) is 1. The van der Waals surface area contributed by atoms with E-state index in [1.165, 1.54) is 0 Å². The number of aliphatic carboxylic acids is 1. The number of hydrogen-bond donors (Lipinski definition) is 2. The van der Waals surface area contributed by atoms with E-state index in [9.17, 15) is 14.7 Å². The molecule has 142 valence electrons. The van der Waals surface area contributed by atoms with Gasteiger partial charge in [-0.3, -0.25) is 9.59 Å². The largest absolute Gasteiger partial charge is 0.481 e. The van der Waals surface area contributed by atoms with Crippen LogP contribution in [0.25, 0.3) is 0 Å². The summed E-state index contributed by atoms with van der Waals surface area (Å²) in [5, 5.41) is 19.0. The summed E-state index contributed by atoms with van der Waals surface area (Å²) in [7, 11) is 0. The summed E-state index contributed by atoms with van der Waals surface area (Å²) < 4.78 is 0. The first-order chi connectivity index (χ1) is 11.9. The van der Waals surface area contributed by atoms with E-state index in [1.807, 2.05) is 31.2 Å². The van der Waals surface area contributed by atoms with Crippen molar-refractivity contribution in [1.82, 2.24) is 0 Å². The summed E-state index contributed by atoms with van der Waals surface area (Å²) >= 11 is 0. The molecular formula is C21H34O4. The van der Waals surface area contributed by atoms with Gasteiger partial charge < -0.3 is 10.2 Å². The van der Waals surface area contributed by atoms with Crippen LogP contribution in [0.5, 0.6) is 0 Å². The molecular weight excluding hydrogens is 316 g/mol. The van der Waals surface area contributed by atoms with Crippen molar-refractivity contribution in [3.05, 3.63) is 24.3 Å². The molecule has 1 aliphatic rings. The van der Waals surface area contributed by atoms with Crippen molar-refractivity contribution >= 4 is 11.8 Å². The zero-order chi connectivity index (χ0) is 18.7. The number of aliphatic hydroxyl groups is 1. The van der Waals surface area contributed by atoms with E-state index in [2.05, 4.69) is 6.92 Å². The molecule has 1 rings (SSSR count). The van der Waals surface area contributed by atoms with Crippen LogP contribution >= 0.6 is 0 Å². The molecule has 0 aromatic carbocycles. The van der Waals surface area contributed by atoms with Gasteiger partial charge >= 0.3 is 5.97 Å². The molecule has 4 heteroatoms. The number of carbonyl (C=O) groups excluding carboxylic acids is 1. The van der Waals surface area contributed by atoms with Crippen LogP contribution in [0.4, 0.5) is 0 Å². The average molecular weight is 350 g/mol. The molecule has 0 spiro atoms. The monoisotopic (exact) mass is 350 g/mol. The molecule has 1 saturated carbocycles. The molecule has 3 atom stereocenters. The zero-order valence-electron chi connectivity index (χ0n) is 15.7. The topological polar surface area (TPSA) is 74.6 Å². The molecule has 0 aliphatic heterocycles. The Labute approximate surface area is 152 Å². The van der Waals surface area contributed by atoms with Crippen LogP contribution < -0.4 is 0 Å². The fourth-order valence-electron chi connectivity index (χ4n) is 3.35. The van der Waals surface area contributed by atoms with Gasteiger partial charge in [-0.2, -0.15) is 0 Å². The molecule has 0 amide bonds. The van der Waals surface area contributed by atoms with Crippen molar-refractivity contribution in [1.29, 1.82) is 0 Å². The van der Waals surface area contributed by atoms with Crippen LogP contribution in [-0.4, -0.2) is 27.6 Å². The molecule has 0 aromatic rings. The van der Waals surface area contributed by atoms with Gasteiger partial charge in [-0.1, -0.05) is 50.5 Å². The summed E-state index contributed by atoms with van der Waals surface area (Å²) in [6, 6.07) is 0. The molecule has 0 heterocycles. The van der Waals surface area contributed by atoms with Crippen LogP contribution in [0.15, 0.2) is 24.3 Å². The van der Waals surface area contributed by atoms with Gasteiger partial charge in [0.2, 0.25) is 0 Å². The quantitative estimate of drug-likeness (QED) is 0.396. The molecule has 1 fully saturated rings. The number of unbranched alkanes of at least 4 members (excludes halogenated alkanes) is 3. The predicted molar refractivity (Wildman–Crippen MR) is 100 cm³/mol. The molecule has 1 aliphatic carbocycles. The minimum Gasteiger partial charge on any atom is -0.481 e. The normalized spacial score (nSPS) is 23.6. The SMILES string of the molecule is CCCCCC(C)(O)/C=C/C1CCC(=O)C1C/C=C/CCCC(=O)O. The summed E-state index contributed by atoms with van der Waals surface area (Å²) in [6.45, 7) is 3.99. The highest BCUT2D eigenvalue weighted by Crippen LogP contribution is 2.33. The summed E-state index contributed by atoms with van der Waals surface area (Å²) in [6.07, 6.45) is 15.7. The zero-order valence-corrected chi connectivity index (χ0v) is 15.7. The number of rotatable bonds is 12. The molecule has 0 bridgehead atoms. The molecule has 4 nitrogen and oxygen atoms in total. The van der Waals surface area contributed by atoms with Gasteiger partial charge in [0.05, 0.1) is 5.60 Å². The molecule has 0 aromatic heterocycles. The highest BCUT2D eigenvalue weighted by molar-refractivity contribution is 5.83. The van der Waals surface area contributed by atoms with Gasteiger partial charge in [-0.15, -0.1) is 0 Å². The standard InChI is InChI=1S/C21H34O4/c1-3-4-9-15-21(2,25)16-14-17-12-13-19(22)18(17)10-7-5-6-8-11-20(23)24/h5,7,14,16-18,25H,3-4,6,8-13,15H2,1-2H3,(H,23,24)/b7-5+,16-14+. The van der Waals surface area contributed by atoms with Crippen molar-refractivity contribution in [3.63, 3.8) is 0 Å². The Bertz CT molecular complexity index is 476. The van der Waals surface area contributed by atoms with Crippen LogP contribution in [0.2, 0.25) is 0 Å². The van der Waals surface area contributed by atoms with Gasteiger partial charge in [0, 0.05) is 18.8 Å². The molecule has 25 heavy (non-hydrogen) atoms. The number of carboxylic acids is 1. The summed E-state index contributed by atoms with van der Waals surface area (Å²) in [4.78, 5) is 22.6. The van der Waals surface area contributed by atoms with Crippen molar-refractivity contribution in [2.45, 2.75) is 83.7 Å². The Balaban J connectivity index is 2.47. The van der Waals surface area contributed by atoms with Crippen LogP contribution in [0.3, 0.4) is 0 Å². The molecule has 2 N–H and O–H groups in total. The highest BCUT2D eigenvalue weighted by Gasteiger charge is 2.32. The highest BCUT2D eigenvalue weighted by atomic mass is 16.4. The fourth-order valence-corrected chi connectivity index (χ4v) is 3.35. The number of hydrogen-bond acceptors (Lipinski definition) is 3. The third-order valence-electron chi connectivity index (χ3n) is 4.96. The Morgan fingerprint density at radius 1 is 1.28 bits per heavy atom. The summed E-state index contributed by atoms with van der Waals surface area (Å²) in [5.41, 5.74) is -0.794. The summed E-state index contributed by atoms with van der Waals surface area (Å²) in [5.74, 6) is -0.266. The average Bonchev–Trinajstić information content (AvgIpc) is 2.89. The maximum Gasteiger partial charge on any atom is 0.303 e. The number of ketones is 1. The fraction of sp³-hybridized carbons (Fsp3) is 0.714. The predicted octanol–water partition coefficient (Wildman–Crippen LogP) is 4.67. The number of carbonyl (C=O) groups is 2. The maximum atomic E-state index is 12.1. The lowest BCUT2D eigenvalue weighted by Gasteiger charge is -2.20. The van der Waals surface area contributed by atoms with Gasteiger partial charge in [-0.05, 0) is 44.9 Å². The van der Waals surface area contributed by atoms with Crippen molar-refractivity contribution < 1.29 is 19.8 Å². The Morgan fingerprint density at radius 3 is 2.72 bits per heavy atom. The van der Waals surface area contributed by atoms with Crippen molar-refractivity contribution in [3.8, 4) is 0 Å². The van der Waals surface area contributed by atoms with Crippen LogP contribution in [-0.2, 0) is 9.59 Å². The van der Waals surface area contributed by atoms with E-state index in [0.29, 0.717) is 25.0 Å². The van der Waals surface area contributed by atoms with E-state index in [0.717, 1.165) is 38.5 Å². The van der Waals surface area contributed by atoms with Gasteiger partial charge in [0.25, 0.3) is 0 Å². The Morgan fingerprint density at radius 2 is 2.04 bits per heavy atom. The van der Waals surface area contributed by atoms with Crippen LogP contribution in [0.1, 0.15) is 78.1 Å². The van der Waals surface area contributed by atoms with Crippen LogP contribution in [0, 0.1) is 11.8 Å². The first-order valence-corrected chi connectivity index (χ1v) is 9.67. The second-order valence-electron chi connectivity index (χ2n) is 7.44. The molecule has 3 unspecified atom stereocenters. The lowest BCUT2D eigenvalue weighted by atomic mass is 9.89. The number of allylic oxidation sites excluding steroid dienone is 3. The van der Waals surface area contributed by atoms with E-state index >= 15 is 0 Å². The second-order valence-corrected chi connectivity index (χ2v) is 7.44. The minimum atomic E-state index is -0.794. The van der Waals surface area contributed by atoms with E-state index in [4.69, 9.17) is 5.11 Å². The van der Waals surface area contributed by atoms with Crippen molar-refractivity contribution in [2.24, 2.45) is 11.8 Å². The third-order valence-corrected chi connectivity index (χ3v) is 4.96. The van der Waals surface area contributed by atoms with E-state index in [-0.39, 0.29) is 18.3 Å². The molecule has 0 saturated heterocycles. The Kier molecular flexibility index (Phi) is 9.73. The van der Waals surface area contributed by atoms with Gasteiger partial charge in [0.1, 0.15) is 5.78 Å². The van der Waals surface area contributed by atoms with Gasteiger partial charge in [0.15, 0.2) is 0 Å². The minimum absolute atomic E-state index is 0.00147. The molecule has 0 radical (unpaired) electrons. The first-order valence-electron chi connectivity index (χ1n) is 9.67. The lowest BCUT2D eigenvalue weighted by Crippen LogP contribution is -2.21.